The van der Waals surface area contributed by atoms with E-state index >= 15 is 0 Å². The Morgan fingerprint density at radius 3 is 2.70 bits per heavy atom. The van der Waals surface area contributed by atoms with E-state index in [4.69, 9.17) is 19.0 Å². The molecular weight excluding hydrogens is 346 g/mol. The van der Waals surface area contributed by atoms with Gasteiger partial charge in [-0.25, -0.2) is 9.78 Å². The SMILES string of the molecule is CCOC(CCc1cccc(OCCc2nc(C(C)C)oc2C)c1)C(=O)O. The van der Waals surface area contributed by atoms with E-state index in [1.54, 1.807) is 6.92 Å². The lowest BCUT2D eigenvalue weighted by atomic mass is 10.1. The maximum atomic E-state index is 11.2. The van der Waals surface area contributed by atoms with Crippen molar-refractivity contribution in [3.05, 3.63) is 47.2 Å². The van der Waals surface area contributed by atoms with E-state index in [-0.39, 0.29) is 5.92 Å². The summed E-state index contributed by atoms with van der Waals surface area (Å²) in [6, 6.07) is 7.73. The lowest BCUT2D eigenvalue weighted by Crippen LogP contribution is -2.24. The van der Waals surface area contributed by atoms with Gasteiger partial charge in [0.05, 0.1) is 12.3 Å². The third-order valence-corrected chi connectivity index (χ3v) is 4.25. The molecule has 1 atom stereocenters. The van der Waals surface area contributed by atoms with Crippen LogP contribution >= 0.6 is 0 Å². The highest BCUT2D eigenvalue weighted by Gasteiger charge is 2.17. The molecule has 6 nitrogen and oxygen atoms in total. The topological polar surface area (TPSA) is 81.8 Å². The minimum atomic E-state index is -0.923. The second-order valence-corrected chi connectivity index (χ2v) is 6.78. The van der Waals surface area contributed by atoms with Crippen LogP contribution in [0, 0.1) is 6.92 Å². The third kappa shape index (κ3) is 6.40. The minimum Gasteiger partial charge on any atom is -0.493 e. The lowest BCUT2D eigenvalue weighted by molar-refractivity contribution is -0.150. The van der Waals surface area contributed by atoms with Crippen LogP contribution < -0.4 is 4.74 Å². The summed E-state index contributed by atoms with van der Waals surface area (Å²) in [5.41, 5.74) is 1.95. The van der Waals surface area contributed by atoms with Crippen LogP contribution in [0.25, 0.3) is 0 Å². The quantitative estimate of drug-likeness (QED) is 0.635. The normalized spacial score (nSPS) is 12.3. The summed E-state index contributed by atoms with van der Waals surface area (Å²) in [6.45, 7) is 8.72. The first-order chi connectivity index (χ1) is 12.9. The predicted octanol–water partition coefficient (Wildman–Crippen LogP) is 4.15. The molecule has 2 rings (SSSR count). The molecule has 0 aliphatic carbocycles. The fraction of sp³-hybridized carbons (Fsp3) is 0.524. The largest absolute Gasteiger partial charge is 0.493 e. The zero-order chi connectivity index (χ0) is 19.8. The fourth-order valence-electron chi connectivity index (χ4n) is 2.76. The van der Waals surface area contributed by atoms with Gasteiger partial charge in [0.1, 0.15) is 11.5 Å². The van der Waals surface area contributed by atoms with Crippen molar-refractivity contribution in [2.75, 3.05) is 13.2 Å². The zero-order valence-corrected chi connectivity index (χ0v) is 16.5. The fourth-order valence-corrected chi connectivity index (χ4v) is 2.76. The van der Waals surface area contributed by atoms with Crippen LogP contribution in [0.5, 0.6) is 5.75 Å². The number of aliphatic carboxylic acids is 1. The number of nitrogens with zero attached hydrogens (tertiary/aromatic N) is 1. The molecule has 27 heavy (non-hydrogen) atoms. The van der Waals surface area contributed by atoms with Crippen molar-refractivity contribution in [3.63, 3.8) is 0 Å². The van der Waals surface area contributed by atoms with E-state index in [1.807, 2.05) is 31.2 Å². The Balaban J connectivity index is 1.87. The Morgan fingerprint density at radius 2 is 2.07 bits per heavy atom. The van der Waals surface area contributed by atoms with E-state index in [0.717, 1.165) is 28.7 Å². The first-order valence-electron chi connectivity index (χ1n) is 9.43. The van der Waals surface area contributed by atoms with Crippen LogP contribution in [0.3, 0.4) is 0 Å². The molecule has 0 fully saturated rings. The van der Waals surface area contributed by atoms with Crippen LogP contribution in [0.1, 0.15) is 56.0 Å². The third-order valence-electron chi connectivity index (χ3n) is 4.25. The molecule has 0 spiro atoms. The molecular formula is C21H29NO5. The summed E-state index contributed by atoms with van der Waals surface area (Å²) in [6.07, 6.45) is 0.958. The van der Waals surface area contributed by atoms with E-state index in [2.05, 4.69) is 18.8 Å². The summed E-state index contributed by atoms with van der Waals surface area (Å²) in [5, 5.41) is 9.16. The monoisotopic (exact) mass is 375 g/mol. The number of carbonyl (C=O) groups is 1. The van der Waals surface area contributed by atoms with Crippen LogP contribution in [0.4, 0.5) is 0 Å². The van der Waals surface area contributed by atoms with E-state index in [1.165, 1.54) is 0 Å². The van der Waals surface area contributed by atoms with Gasteiger partial charge in [-0.2, -0.15) is 0 Å². The first-order valence-corrected chi connectivity index (χ1v) is 9.43. The summed E-state index contributed by atoms with van der Waals surface area (Å²) >= 11 is 0. The molecule has 0 aliphatic rings. The van der Waals surface area contributed by atoms with Crippen LogP contribution in [-0.4, -0.2) is 35.4 Å². The number of carboxylic acid groups (broad SMARTS) is 1. The average molecular weight is 375 g/mol. The molecule has 1 heterocycles. The van der Waals surface area contributed by atoms with Gasteiger partial charge in [0.2, 0.25) is 0 Å². The molecule has 0 amide bonds. The van der Waals surface area contributed by atoms with Crippen LogP contribution in [0.15, 0.2) is 28.7 Å². The maximum Gasteiger partial charge on any atom is 0.332 e. The smallest absolute Gasteiger partial charge is 0.332 e. The summed E-state index contributed by atoms with van der Waals surface area (Å²) < 4.78 is 16.8. The molecule has 1 aromatic heterocycles. The highest BCUT2D eigenvalue weighted by Crippen LogP contribution is 2.19. The van der Waals surface area contributed by atoms with Crippen LogP contribution in [-0.2, 0) is 22.4 Å². The van der Waals surface area contributed by atoms with Gasteiger partial charge < -0.3 is 19.0 Å². The predicted molar refractivity (Wildman–Crippen MR) is 102 cm³/mol. The molecule has 2 aromatic rings. The van der Waals surface area contributed by atoms with E-state index in [9.17, 15) is 4.79 Å². The molecule has 1 unspecified atom stereocenters. The highest BCUT2D eigenvalue weighted by atomic mass is 16.5. The van der Waals surface area contributed by atoms with Gasteiger partial charge in [-0.05, 0) is 44.4 Å². The molecule has 6 heteroatoms. The Kier molecular flexibility index (Phi) is 7.85. The maximum absolute atomic E-state index is 11.2. The number of oxazole rings is 1. The Morgan fingerprint density at radius 1 is 1.30 bits per heavy atom. The van der Waals surface area contributed by atoms with Crippen molar-refractivity contribution < 1.29 is 23.8 Å². The van der Waals surface area contributed by atoms with Crippen molar-refractivity contribution in [2.45, 2.75) is 59.0 Å². The minimum absolute atomic E-state index is 0.265. The second kappa shape index (κ2) is 10.1. The van der Waals surface area contributed by atoms with Gasteiger partial charge in [-0.1, -0.05) is 26.0 Å². The number of carboxylic acids is 1. The van der Waals surface area contributed by atoms with Crippen molar-refractivity contribution in [3.8, 4) is 5.75 Å². The molecule has 0 bridgehead atoms. The van der Waals surface area contributed by atoms with Crippen LogP contribution in [0.2, 0.25) is 0 Å². The highest BCUT2D eigenvalue weighted by molar-refractivity contribution is 5.72. The average Bonchev–Trinajstić information content (AvgIpc) is 3.00. The number of aromatic nitrogens is 1. The van der Waals surface area contributed by atoms with Gasteiger partial charge in [0.25, 0.3) is 0 Å². The zero-order valence-electron chi connectivity index (χ0n) is 16.5. The second-order valence-electron chi connectivity index (χ2n) is 6.78. The van der Waals surface area contributed by atoms with Crippen molar-refractivity contribution in [1.29, 1.82) is 0 Å². The van der Waals surface area contributed by atoms with Crippen molar-refractivity contribution in [2.24, 2.45) is 0 Å². The number of benzene rings is 1. The number of ether oxygens (including phenoxy) is 2. The molecule has 0 aliphatic heterocycles. The molecule has 0 saturated heterocycles. The summed E-state index contributed by atoms with van der Waals surface area (Å²) in [7, 11) is 0. The van der Waals surface area contributed by atoms with Crippen molar-refractivity contribution >= 4 is 5.97 Å². The molecule has 148 valence electrons. The number of aryl methyl sites for hydroxylation is 2. The lowest BCUT2D eigenvalue weighted by Gasteiger charge is -2.12. The van der Waals surface area contributed by atoms with Gasteiger partial charge in [0, 0.05) is 18.9 Å². The Bertz CT molecular complexity index is 738. The summed E-state index contributed by atoms with van der Waals surface area (Å²) in [4.78, 5) is 15.7. The van der Waals surface area contributed by atoms with Crippen molar-refractivity contribution in [1.82, 2.24) is 4.98 Å². The van der Waals surface area contributed by atoms with Gasteiger partial charge in [0.15, 0.2) is 12.0 Å². The number of hydrogen-bond donors (Lipinski definition) is 1. The van der Waals surface area contributed by atoms with E-state index < -0.39 is 12.1 Å². The Labute approximate surface area is 160 Å². The van der Waals surface area contributed by atoms with Gasteiger partial charge >= 0.3 is 5.97 Å². The number of hydrogen-bond acceptors (Lipinski definition) is 5. The molecule has 1 N–H and O–H groups in total. The Hall–Kier alpha value is -2.34. The summed E-state index contributed by atoms with van der Waals surface area (Å²) in [5.74, 6) is 1.70. The first kappa shape index (κ1) is 21.0. The number of rotatable bonds is 11. The molecule has 1 aromatic carbocycles. The molecule has 0 saturated carbocycles. The van der Waals surface area contributed by atoms with Gasteiger partial charge in [-0.3, -0.25) is 0 Å². The standard InChI is InChI=1S/C21H29NO5/c1-5-25-19(21(23)24)10-9-16-7-6-8-17(13-16)26-12-11-18-15(4)27-20(22-18)14(2)3/h6-8,13-14,19H,5,9-12H2,1-4H3,(H,23,24). The van der Waals surface area contributed by atoms with E-state index in [0.29, 0.717) is 32.5 Å². The van der Waals surface area contributed by atoms with Gasteiger partial charge in [-0.15, -0.1) is 0 Å². The molecule has 0 radical (unpaired) electrons.